The smallest absolute Gasteiger partial charge is 0.240 e. The summed E-state index contributed by atoms with van der Waals surface area (Å²) in [5.41, 5.74) is 7.26. The highest BCUT2D eigenvalue weighted by molar-refractivity contribution is 5.80. The molecule has 0 bridgehead atoms. The molecule has 2 atom stereocenters. The second kappa shape index (κ2) is 12.2. The van der Waals surface area contributed by atoms with Crippen LogP contribution in [0.1, 0.15) is 56.1 Å². The lowest BCUT2D eigenvalue weighted by atomic mass is 10.0. The summed E-state index contributed by atoms with van der Waals surface area (Å²) in [6.07, 6.45) is 4.29. The first kappa shape index (κ1) is 22.0. The zero-order valence-electron chi connectivity index (χ0n) is 16.9. The van der Waals surface area contributed by atoms with Gasteiger partial charge in [-0.3, -0.25) is 9.59 Å². The monoisotopic (exact) mass is 392 g/mol. The predicted octanol–water partition coefficient (Wildman–Crippen LogP) is 3.97. The molecule has 6 nitrogen and oxygen atoms in total. The van der Waals surface area contributed by atoms with E-state index in [9.17, 15) is 9.59 Å². The van der Waals surface area contributed by atoms with E-state index in [0.29, 0.717) is 6.42 Å². The number of hydrogen-bond donors (Lipinski definition) is 2. The Balaban J connectivity index is 1.61. The molecule has 2 N–H and O–H groups in total. The first-order chi connectivity index (χ1) is 14.1. The minimum atomic E-state index is -0.212. The molecule has 0 radical (unpaired) electrons. The van der Waals surface area contributed by atoms with Gasteiger partial charge in [-0.2, -0.15) is 10.2 Å². The lowest BCUT2D eigenvalue weighted by Crippen LogP contribution is -2.20. The van der Waals surface area contributed by atoms with Crippen LogP contribution in [-0.4, -0.2) is 24.2 Å². The average molecular weight is 393 g/mol. The number of hydrogen-bond acceptors (Lipinski definition) is 4. The van der Waals surface area contributed by atoms with Crippen LogP contribution < -0.4 is 10.9 Å². The quantitative estimate of drug-likeness (QED) is 0.474. The van der Waals surface area contributed by atoms with Crippen LogP contribution in [0.2, 0.25) is 0 Å². The fraction of sp³-hybridized carbons (Fsp3) is 0.304. The molecular formula is C23H28N4O2. The van der Waals surface area contributed by atoms with Crippen molar-refractivity contribution in [2.75, 3.05) is 0 Å². The van der Waals surface area contributed by atoms with Gasteiger partial charge in [0.1, 0.15) is 0 Å². The van der Waals surface area contributed by atoms with Crippen LogP contribution in [0.4, 0.5) is 0 Å². The van der Waals surface area contributed by atoms with Gasteiger partial charge in [0.05, 0.1) is 0 Å². The molecule has 2 aromatic carbocycles. The van der Waals surface area contributed by atoms with Crippen molar-refractivity contribution in [3.63, 3.8) is 0 Å². The second-order valence-corrected chi connectivity index (χ2v) is 6.88. The van der Waals surface area contributed by atoms with Crippen LogP contribution in [0.15, 0.2) is 70.9 Å². The number of carbonyl (C=O) groups is 2. The topological polar surface area (TPSA) is 82.9 Å². The highest BCUT2D eigenvalue weighted by Gasteiger charge is 2.06. The molecule has 0 heterocycles. The van der Waals surface area contributed by atoms with Gasteiger partial charge in [-0.05, 0) is 17.5 Å². The minimum absolute atomic E-state index is 0.110. The highest BCUT2D eigenvalue weighted by Crippen LogP contribution is 2.12. The summed E-state index contributed by atoms with van der Waals surface area (Å²) < 4.78 is 0. The van der Waals surface area contributed by atoms with Gasteiger partial charge in [0.2, 0.25) is 11.8 Å². The molecule has 2 unspecified atom stereocenters. The molecule has 0 aliphatic rings. The zero-order chi connectivity index (χ0) is 20.9. The van der Waals surface area contributed by atoms with Gasteiger partial charge in [0.15, 0.2) is 0 Å². The Morgan fingerprint density at radius 1 is 0.759 bits per heavy atom. The summed E-state index contributed by atoms with van der Waals surface area (Å²) in [6.45, 7) is 4.02. The van der Waals surface area contributed by atoms with E-state index in [2.05, 4.69) is 21.1 Å². The lowest BCUT2D eigenvalue weighted by molar-refractivity contribution is -0.122. The van der Waals surface area contributed by atoms with Crippen LogP contribution in [0.3, 0.4) is 0 Å². The van der Waals surface area contributed by atoms with E-state index >= 15 is 0 Å². The summed E-state index contributed by atoms with van der Waals surface area (Å²) in [6, 6.07) is 19.8. The molecular weight excluding hydrogens is 364 g/mol. The molecule has 2 amide bonds. The van der Waals surface area contributed by atoms with E-state index in [0.717, 1.165) is 11.1 Å². The summed E-state index contributed by atoms with van der Waals surface area (Å²) >= 11 is 0. The normalized spacial score (nSPS) is 13.3. The lowest BCUT2D eigenvalue weighted by Gasteiger charge is -2.06. The molecule has 0 aliphatic carbocycles. The van der Waals surface area contributed by atoms with E-state index in [1.165, 1.54) is 0 Å². The number of hydrazone groups is 2. The van der Waals surface area contributed by atoms with E-state index in [4.69, 9.17) is 0 Å². The Bertz CT molecular complexity index is 750. The van der Waals surface area contributed by atoms with Crippen LogP contribution >= 0.6 is 0 Å². The molecule has 0 aliphatic heterocycles. The van der Waals surface area contributed by atoms with Gasteiger partial charge in [0.25, 0.3) is 0 Å². The van der Waals surface area contributed by atoms with Crippen molar-refractivity contribution in [3.05, 3.63) is 71.8 Å². The Morgan fingerprint density at radius 3 is 1.52 bits per heavy atom. The standard InChI is InChI=1S/C23H28N4O2/c1-18(20-10-5-3-6-11-20)16-24-26-22(28)14-9-15-23(29)27-25-17-19(2)21-12-7-4-8-13-21/h3-8,10-13,16-19H,9,14-15H2,1-2H3,(H,26,28)(H,27,29). The van der Waals surface area contributed by atoms with Crippen molar-refractivity contribution < 1.29 is 9.59 Å². The number of carbonyl (C=O) groups excluding carboxylic acids is 2. The van der Waals surface area contributed by atoms with Crippen molar-refractivity contribution >= 4 is 24.2 Å². The number of nitrogens with one attached hydrogen (secondary N) is 2. The molecule has 6 heteroatoms. The first-order valence-electron chi connectivity index (χ1n) is 9.80. The van der Waals surface area contributed by atoms with Crippen molar-refractivity contribution in [2.24, 2.45) is 10.2 Å². The summed E-state index contributed by atoms with van der Waals surface area (Å²) in [5.74, 6) is -0.206. The Morgan fingerprint density at radius 2 is 1.14 bits per heavy atom. The summed E-state index contributed by atoms with van der Waals surface area (Å²) in [5, 5.41) is 7.99. The van der Waals surface area contributed by atoms with Gasteiger partial charge < -0.3 is 0 Å². The Labute approximate surface area is 172 Å². The van der Waals surface area contributed by atoms with Gasteiger partial charge in [-0.1, -0.05) is 74.5 Å². The molecule has 2 aromatic rings. The van der Waals surface area contributed by atoms with Crippen molar-refractivity contribution in [3.8, 4) is 0 Å². The maximum atomic E-state index is 11.8. The maximum absolute atomic E-state index is 11.8. The summed E-state index contributed by atoms with van der Waals surface area (Å²) in [4.78, 5) is 23.6. The molecule has 0 spiro atoms. The predicted molar refractivity (Wildman–Crippen MR) is 117 cm³/mol. The van der Waals surface area contributed by atoms with Crippen LogP contribution in [0.5, 0.6) is 0 Å². The van der Waals surface area contributed by atoms with Crippen molar-refractivity contribution in [1.29, 1.82) is 0 Å². The number of benzene rings is 2. The van der Waals surface area contributed by atoms with E-state index in [1.807, 2.05) is 74.5 Å². The fourth-order valence-electron chi connectivity index (χ4n) is 2.65. The molecule has 0 fully saturated rings. The molecule has 0 aromatic heterocycles. The zero-order valence-corrected chi connectivity index (χ0v) is 16.9. The van der Waals surface area contributed by atoms with E-state index in [1.54, 1.807) is 12.4 Å². The van der Waals surface area contributed by atoms with Gasteiger partial charge >= 0.3 is 0 Å². The molecule has 0 saturated heterocycles. The fourth-order valence-corrected chi connectivity index (χ4v) is 2.65. The maximum Gasteiger partial charge on any atom is 0.240 e. The number of nitrogens with zero attached hydrogens (tertiary/aromatic N) is 2. The Kier molecular flexibility index (Phi) is 9.29. The second-order valence-electron chi connectivity index (χ2n) is 6.88. The average Bonchev–Trinajstić information content (AvgIpc) is 2.75. The minimum Gasteiger partial charge on any atom is -0.273 e. The van der Waals surface area contributed by atoms with Crippen LogP contribution in [0.25, 0.3) is 0 Å². The van der Waals surface area contributed by atoms with Gasteiger partial charge in [0, 0.05) is 37.1 Å². The van der Waals surface area contributed by atoms with Crippen molar-refractivity contribution in [1.82, 2.24) is 10.9 Å². The molecule has 2 rings (SSSR count). The third-order valence-electron chi connectivity index (χ3n) is 4.43. The SMILES string of the molecule is CC(C=NNC(=O)CCCC(=O)NN=CC(C)c1ccccc1)c1ccccc1. The van der Waals surface area contributed by atoms with Gasteiger partial charge in [-0.15, -0.1) is 0 Å². The number of rotatable bonds is 10. The third kappa shape index (κ3) is 8.51. The molecule has 29 heavy (non-hydrogen) atoms. The number of amides is 2. The first-order valence-corrected chi connectivity index (χ1v) is 9.80. The molecule has 152 valence electrons. The Hall–Kier alpha value is -3.28. The molecule has 0 saturated carbocycles. The highest BCUT2D eigenvalue weighted by atomic mass is 16.2. The van der Waals surface area contributed by atoms with E-state index < -0.39 is 0 Å². The van der Waals surface area contributed by atoms with Crippen molar-refractivity contribution in [2.45, 2.75) is 44.9 Å². The van der Waals surface area contributed by atoms with Crippen LogP contribution in [-0.2, 0) is 9.59 Å². The third-order valence-corrected chi connectivity index (χ3v) is 4.43. The summed E-state index contributed by atoms with van der Waals surface area (Å²) in [7, 11) is 0. The van der Waals surface area contributed by atoms with Crippen LogP contribution in [0, 0.1) is 0 Å². The largest absolute Gasteiger partial charge is 0.273 e. The van der Waals surface area contributed by atoms with E-state index in [-0.39, 0.29) is 36.5 Å². The van der Waals surface area contributed by atoms with Gasteiger partial charge in [-0.25, -0.2) is 10.9 Å².